The van der Waals surface area contributed by atoms with E-state index in [2.05, 4.69) is 0 Å². The van der Waals surface area contributed by atoms with Crippen molar-refractivity contribution in [2.45, 2.75) is 6.42 Å². The minimum Gasteiger partial charge on any atom is -0.772 e. The van der Waals surface area contributed by atoms with Gasteiger partial charge in [-0.1, -0.05) is 29.3 Å². The molecule has 0 bridgehead atoms. The molecule has 0 N–H and O–H groups in total. The van der Waals surface area contributed by atoms with Crippen molar-refractivity contribution in [1.29, 1.82) is 5.26 Å². The van der Waals surface area contributed by atoms with Crippen LogP contribution in [-0.2, 0) is 17.5 Å². The Hall–Kier alpha value is -1.18. The maximum Gasteiger partial charge on any atom is 0.0994 e. The van der Waals surface area contributed by atoms with E-state index in [1.165, 1.54) is 0 Å². The van der Waals surface area contributed by atoms with Crippen LogP contribution in [0.4, 0.5) is 0 Å². The lowest BCUT2D eigenvalue weighted by molar-refractivity contribution is 0.536. The van der Waals surface area contributed by atoms with Gasteiger partial charge in [-0.3, -0.25) is 4.21 Å². The Kier molecular flexibility index (Phi) is 3.62. The van der Waals surface area contributed by atoms with Gasteiger partial charge < -0.3 is 4.55 Å². The van der Waals surface area contributed by atoms with Crippen LogP contribution in [0.3, 0.4) is 0 Å². The molecular weight excluding hydrogens is 186 g/mol. The number of hydrogen-bond acceptors (Lipinski definition) is 3. The molecule has 4 heteroatoms. The van der Waals surface area contributed by atoms with E-state index >= 15 is 0 Å². The molecule has 1 rings (SSSR count). The Bertz CT molecular complexity index is 357. The SMILES string of the molecule is N#Cc1ccccc1CCS(=O)[O-]. The minimum atomic E-state index is -2.04. The number of nitrogens with zero attached hydrogens (tertiary/aromatic N) is 1. The van der Waals surface area contributed by atoms with E-state index in [-0.39, 0.29) is 5.75 Å². The van der Waals surface area contributed by atoms with Gasteiger partial charge in [-0.2, -0.15) is 5.26 Å². The molecule has 0 spiro atoms. The third-order valence-corrected chi connectivity index (χ3v) is 2.21. The van der Waals surface area contributed by atoms with Crippen LogP contribution in [0.5, 0.6) is 0 Å². The lowest BCUT2D eigenvalue weighted by Gasteiger charge is -2.05. The van der Waals surface area contributed by atoms with Crippen molar-refractivity contribution >= 4 is 11.1 Å². The summed E-state index contributed by atoms with van der Waals surface area (Å²) in [6.45, 7) is 0. The zero-order chi connectivity index (χ0) is 9.68. The fourth-order valence-electron chi connectivity index (χ4n) is 1.04. The summed E-state index contributed by atoms with van der Waals surface area (Å²) in [6, 6.07) is 9.03. The molecule has 0 heterocycles. The van der Waals surface area contributed by atoms with Crippen molar-refractivity contribution in [3.05, 3.63) is 35.4 Å². The van der Waals surface area contributed by atoms with Gasteiger partial charge in [0.15, 0.2) is 0 Å². The minimum absolute atomic E-state index is 0.0681. The molecule has 1 aromatic carbocycles. The summed E-state index contributed by atoms with van der Waals surface area (Å²) in [5, 5.41) is 8.68. The Morgan fingerprint density at radius 1 is 1.46 bits per heavy atom. The van der Waals surface area contributed by atoms with Crippen molar-refractivity contribution in [2.75, 3.05) is 5.75 Å². The second-order valence-corrected chi connectivity index (χ2v) is 3.54. The summed E-state index contributed by atoms with van der Waals surface area (Å²) in [5.74, 6) is 0.0681. The van der Waals surface area contributed by atoms with E-state index in [9.17, 15) is 8.76 Å². The molecule has 0 saturated carbocycles. The van der Waals surface area contributed by atoms with Crippen molar-refractivity contribution < 1.29 is 8.76 Å². The molecule has 0 aromatic heterocycles. The Morgan fingerprint density at radius 3 is 2.77 bits per heavy atom. The topological polar surface area (TPSA) is 63.9 Å². The van der Waals surface area contributed by atoms with Crippen molar-refractivity contribution in [3.8, 4) is 6.07 Å². The number of benzene rings is 1. The smallest absolute Gasteiger partial charge is 0.0994 e. The molecule has 1 unspecified atom stereocenters. The molecule has 0 amide bonds. The Balaban J connectivity index is 2.77. The number of nitriles is 1. The molecule has 68 valence electrons. The van der Waals surface area contributed by atoms with Gasteiger partial charge in [0, 0.05) is 5.75 Å². The molecule has 3 nitrogen and oxygen atoms in total. The zero-order valence-electron chi connectivity index (χ0n) is 6.90. The molecular formula is C9H8NO2S-. The standard InChI is InChI=1S/C9H9NO2S/c10-7-9-4-2-1-3-8(9)5-6-13(11)12/h1-4H,5-6H2,(H,11,12)/p-1. The van der Waals surface area contributed by atoms with Crippen LogP contribution < -0.4 is 0 Å². The molecule has 0 radical (unpaired) electrons. The van der Waals surface area contributed by atoms with Crippen LogP contribution in [0, 0.1) is 11.3 Å². The van der Waals surface area contributed by atoms with Crippen LogP contribution in [0.1, 0.15) is 11.1 Å². The first-order valence-corrected chi connectivity index (χ1v) is 5.02. The summed E-state index contributed by atoms with van der Waals surface area (Å²) < 4.78 is 20.6. The first-order chi connectivity index (χ1) is 6.24. The third-order valence-electron chi connectivity index (χ3n) is 1.68. The first kappa shape index (κ1) is 9.90. The van der Waals surface area contributed by atoms with Crippen LogP contribution in [-0.4, -0.2) is 14.5 Å². The summed E-state index contributed by atoms with van der Waals surface area (Å²) in [4.78, 5) is 0. The molecule has 0 aliphatic heterocycles. The third kappa shape index (κ3) is 2.98. The highest BCUT2D eigenvalue weighted by Crippen LogP contribution is 2.07. The van der Waals surface area contributed by atoms with Gasteiger partial charge >= 0.3 is 0 Å². The molecule has 1 atom stereocenters. The van der Waals surface area contributed by atoms with E-state index < -0.39 is 11.1 Å². The second-order valence-electron chi connectivity index (χ2n) is 2.53. The highest BCUT2D eigenvalue weighted by Gasteiger charge is 1.99. The molecule has 0 aliphatic carbocycles. The molecule has 0 fully saturated rings. The zero-order valence-corrected chi connectivity index (χ0v) is 7.71. The molecule has 13 heavy (non-hydrogen) atoms. The van der Waals surface area contributed by atoms with Gasteiger partial charge in [-0.15, -0.1) is 0 Å². The average Bonchev–Trinajstić information content (AvgIpc) is 2.15. The van der Waals surface area contributed by atoms with Crippen molar-refractivity contribution in [2.24, 2.45) is 0 Å². The predicted molar refractivity (Wildman–Crippen MR) is 48.6 cm³/mol. The van der Waals surface area contributed by atoms with Gasteiger partial charge in [-0.05, 0) is 18.1 Å². The molecule has 1 aromatic rings. The largest absolute Gasteiger partial charge is 0.772 e. The van der Waals surface area contributed by atoms with E-state index in [0.717, 1.165) is 5.56 Å². The lowest BCUT2D eigenvalue weighted by atomic mass is 10.1. The van der Waals surface area contributed by atoms with Gasteiger partial charge in [0.05, 0.1) is 11.6 Å². The fraction of sp³-hybridized carbons (Fsp3) is 0.222. The lowest BCUT2D eigenvalue weighted by Crippen LogP contribution is -2.00. The van der Waals surface area contributed by atoms with Crippen LogP contribution in [0.2, 0.25) is 0 Å². The van der Waals surface area contributed by atoms with Crippen LogP contribution in [0.25, 0.3) is 0 Å². The highest BCUT2D eigenvalue weighted by atomic mass is 32.2. The average molecular weight is 194 g/mol. The Labute approximate surface area is 79.3 Å². The number of aryl methyl sites for hydroxylation is 1. The van der Waals surface area contributed by atoms with Crippen molar-refractivity contribution in [3.63, 3.8) is 0 Å². The highest BCUT2D eigenvalue weighted by molar-refractivity contribution is 7.79. The molecule has 0 saturated heterocycles. The van der Waals surface area contributed by atoms with Gasteiger partial charge in [0.2, 0.25) is 0 Å². The van der Waals surface area contributed by atoms with E-state index in [1.807, 2.05) is 6.07 Å². The first-order valence-electron chi connectivity index (χ1n) is 3.78. The van der Waals surface area contributed by atoms with Crippen molar-refractivity contribution in [1.82, 2.24) is 0 Å². The summed E-state index contributed by atoms with van der Waals surface area (Å²) >= 11 is -2.04. The van der Waals surface area contributed by atoms with E-state index in [4.69, 9.17) is 5.26 Å². The van der Waals surface area contributed by atoms with Gasteiger partial charge in [0.1, 0.15) is 0 Å². The fourth-order valence-corrected chi connectivity index (χ4v) is 1.43. The van der Waals surface area contributed by atoms with Gasteiger partial charge in [0.25, 0.3) is 0 Å². The summed E-state index contributed by atoms with van der Waals surface area (Å²) in [6.07, 6.45) is 0.403. The molecule has 0 aliphatic rings. The summed E-state index contributed by atoms with van der Waals surface area (Å²) in [7, 11) is 0. The monoisotopic (exact) mass is 194 g/mol. The second kappa shape index (κ2) is 4.75. The van der Waals surface area contributed by atoms with E-state index in [1.54, 1.807) is 24.3 Å². The summed E-state index contributed by atoms with van der Waals surface area (Å²) in [5.41, 5.74) is 1.34. The van der Waals surface area contributed by atoms with Crippen LogP contribution >= 0.6 is 0 Å². The predicted octanol–water partition coefficient (Wildman–Crippen LogP) is 0.980. The van der Waals surface area contributed by atoms with Gasteiger partial charge in [-0.25, -0.2) is 0 Å². The van der Waals surface area contributed by atoms with Crippen LogP contribution in [0.15, 0.2) is 24.3 Å². The Morgan fingerprint density at radius 2 is 2.15 bits per heavy atom. The number of hydrogen-bond donors (Lipinski definition) is 0. The normalized spacial score (nSPS) is 12.0. The van der Waals surface area contributed by atoms with E-state index in [0.29, 0.717) is 12.0 Å². The quantitative estimate of drug-likeness (QED) is 0.674. The maximum absolute atomic E-state index is 10.3. The maximum atomic E-state index is 10.3. The number of rotatable bonds is 3.